The van der Waals surface area contributed by atoms with Gasteiger partial charge in [-0.15, -0.1) is 0 Å². The Kier molecular flexibility index (Phi) is 4.81. The quantitative estimate of drug-likeness (QED) is 0.923. The van der Waals surface area contributed by atoms with Crippen LogP contribution in [0.25, 0.3) is 0 Å². The highest BCUT2D eigenvalue weighted by molar-refractivity contribution is 6.42. The number of nitrogens with zero attached hydrogens (tertiary/aromatic N) is 1. The van der Waals surface area contributed by atoms with E-state index in [1.165, 1.54) is 26.3 Å². The number of amides is 1. The van der Waals surface area contributed by atoms with Crippen LogP contribution < -0.4 is 4.74 Å². The van der Waals surface area contributed by atoms with Gasteiger partial charge in [0.2, 0.25) is 0 Å². The summed E-state index contributed by atoms with van der Waals surface area (Å²) in [6, 6.07) is 2.76. The molecule has 0 spiro atoms. The van der Waals surface area contributed by atoms with Gasteiger partial charge >= 0.3 is 5.97 Å². The van der Waals surface area contributed by atoms with Gasteiger partial charge in [-0.05, 0) is 6.07 Å². The van der Waals surface area contributed by atoms with Crippen molar-refractivity contribution in [3.05, 3.63) is 27.7 Å². The highest BCUT2D eigenvalue weighted by Gasteiger charge is 2.20. The molecule has 1 amide bonds. The average molecular weight is 292 g/mol. The second-order valence-electron chi connectivity index (χ2n) is 3.52. The van der Waals surface area contributed by atoms with E-state index in [4.69, 9.17) is 33.0 Å². The van der Waals surface area contributed by atoms with Crippen molar-refractivity contribution in [2.24, 2.45) is 0 Å². The minimum atomic E-state index is -1.11. The fourth-order valence-corrected chi connectivity index (χ4v) is 1.66. The number of hydrogen-bond acceptors (Lipinski definition) is 3. The molecule has 0 atom stereocenters. The van der Waals surface area contributed by atoms with Crippen molar-refractivity contribution in [3.8, 4) is 5.75 Å². The van der Waals surface area contributed by atoms with Crippen molar-refractivity contribution in [3.63, 3.8) is 0 Å². The van der Waals surface area contributed by atoms with E-state index in [9.17, 15) is 9.59 Å². The number of carbonyl (C=O) groups is 2. The Labute approximate surface area is 114 Å². The van der Waals surface area contributed by atoms with E-state index in [1.807, 2.05) is 0 Å². The van der Waals surface area contributed by atoms with Crippen molar-refractivity contribution in [2.75, 3.05) is 20.7 Å². The number of likely N-dealkylation sites (N-methyl/N-ethyl adjacent to an activating group) is 1. The van der Waals surface area contributed by atoms with Crippen molar-refractivity contribution in [2.45, 2.75) is 0 Å². The van der Waals surface area contributed by atoms with Gasteiger partial charge in [0, 0.05) is 13.1 Å². The van der Waals surface area contributed by atoms with Crippen LogP contribution in [0.1, 0.15) is 10.4 Å². The van der Waals surface area contributed by atoms with Crippen molar-refractivity contribution >= 4 is 35.1 Å². The van der Waals surface area contributed by atoms with Crippen molar-refractivity contribution in [1.82, 2.24) is 4.90 Å². The van der Waals surface area contributed by atoms with Crippen LogP contribution in [-0.4, -0.2) is 42.6 Å². The van der Waals surface area contributed by atoms with E-state index in [-0.39, 0.29) is 21.4 Å². The van der Waals surface area contributed by atoms with Gasteiger partial charge in [0.15, 0.2) is 0 Å². The largest absolute Gasteiger partial charge is 0.496 e. The Bertz CT molecular complexity index is 490. The molecule has 0 radical (unpaired) electrons. The molecule has 7 heteroatoms. The molecular formula is C11H11Cl2NO4. The Hall–Kier alpha value is -1.46. The van der Waals surface area contributed by atoms with E-state index in [0.29, 0.717) is 0 Å². The first-order valence-corrected chi connectivity index (χ1v) is 5.62. The summed E-state index contributed by atoms with van der Waals surface area (Å²) in [6.07, 6.45) is 0. The summed E-state index contributed by atoms with van der Waals surface area (Å²) in [5.74, 6) is -1.37. The van der Waals surface area contributed by atoms with Crippen LogP contribution in [0.15, 0.2) is 12.1 Å². The lowest BCUT2D eigenvalue weighted by Crippen LogP contribution is -2.32. The van der Waals surface area contributed by atoms with Gasteiger partial charge in [-0.2, -0.15) is 0 Å². The monoisotopic (exact) mass is 291 g/mol. The smallest absolute Gasteiger partial charge is 0.323 e. The standard InChI is InChI=1S/C11H11Cl2NO4/c1-14(5-10(15)16)11(17)6-3-7(12)8(13)4-9(6)18-2/h3-4H,5H2,1-2H3,(H,15,16). The van der Waals surface area contributed by atoms with Gasteiger partial charge in [-0.3, -0.25) is 9.59 Å². The molecule has 5 nitrogen and oxygen atoms in total. The summed E-state index contributed by atoms with van der Waals surface area (Å²) in [5, 5.41) is 9.09. The molecule has 0 fully saturated rings. The van der Waals surface area contributed by atoms with Crippen molar-refractivity contribution in [1.29, 1.82) is 0 Å². The number of carboxylic acids is 1. The predicted octanol–water partition coefficient (Wildman–Crippen LogP) is 2.16. The molecule has 0 aliphatic carbocycles. The van der Waals surface area contributed by atoms with Crippen LogP contribution in [0.5, 0.6) is 5.75 Å². The number of aliphatic carboxylic acids is 1. The first kappa shape index (κ1) is 14.6. The van der Waals surface area contributed by atoms with Crippen LogP contribution in [0, 0.1) is 0 Å². The number of halogens is 2. The van der Waals surface area contributed by atoms with E-state index in [2.05, 4.69) is 0 Å². The molecule has 0 saturated heterocycles. The second-order valence-corrected chi connectivity index (χ2v) is 4.34. The summed E-state index contributed by atoms with van der Waals surface area (Å²) in [6.45, 7) is -0.414. The van der Waals surface area contributed by atoms with Crippen LogP contribution in [0.2, 0.25) is 10.0 Å². The maximum absolute atomic E-state index is 12.0. The summed E-state index contributed by atoms with van der Waals surface area (Å²) in [4.78, 5) is 23.6. The van der Waals surface area contributed by atoms with Crippen LogP contribution >= 0.6 is 23.2 Å². The molecule has 0 aliphatic heterocycles. The zero-order valence-electron chi connectivity index (χ0n) is 9.74. The summed E-state index contributed by atoms with van der Waals surface area (Å²) >= 11 is 11.6. The molecule has 0 saturated carbocycles. The Balaban J connectivity index is 3.12. The maximum Gasteiger partial charge on any atom is 0.323 e. The third-order valence-corrected chi connectivity index (χ3v) is 2.91. The third-order valence-electron chi connectivity index (χ3n) is 2.19. The van der Waals surface area contributed by atoms with Gasteiger partial charge < -0.3 is 14.7 Å². The minimum Gasteiger partial charge on any atom is -0.496 e. The molecule has 98 valence electrons. The number of rotatable bonds is 4. The molecule has 0 bridgehead atoms. The predicted molar refractivity (Wildman–Crippen MR) is 67.6 cm³/mol. The normalized spacial score (nSPS) is 10.0. The summed E-state index contributed by atoms with van der Waals surface area (Å²) in [5.41, 5.74) is 0.163. The topological polar surface area (TPSA) is 66.8 Å². The average Bonchev–Trinajstić information content (AvgIpc) is 2.30. The number of carbonyl (C=O) groups excluding carboxylic acids is 1. The zero-order valence-corrected chi connectivity index (χ0v) is 11.2. The second kappa shape index (κ2) is 5.93. The molecule has 0 unspecified atom stereocenters. The van der Waals surface area contributed by atoms with Crippen molar-refractivity contribution < 1.29 is 19.4 Å². The highest BCUT2D eigenvalue weighted by Crippen LogP contribution is 2.31. The number of hydrogen-bond donors (Lipinski definition) is 1. The molecular weight excluding hydrogens is 281 g/mol. The van der Waals surface area contributed by atoms with Crippen LogP contribution in [0.3, 0.4) is 0 Å². The fourth-order valence-electron chi connectivity index (χ4n) is 1.34. The molecule has 1 rings (SSSR count). The zero-order chi connectivity index (χ0) is 13.9. The molecule has 18 heavy (non-hydrogen) atoms. The van der Waals surface area contributed by atoms with Crippen LogP contribution in [0.4, 0.5) is 0 Å². The molecule has 0 heterocycles. The third kappa shape index (κ3) is 3.27. The van der Waals surface area contributed by atoms with E-state index >= 15 is 0 Å². The Morgan fingerprint density at radius 3 is 2.39 bits per heavy atom. The highest BCUT2D eigenvalue weighted by atomic mass is 35.5. The molecule has 1 aromatic rings. The molecule has 0 aliphatic rings. The summed E-state index contributed by atoms with van der Waals surface area (Å²) in [7, 11) is 2.76. The first-order valence-electron chi connectivity index (χ1n) is 4.87. The van der Waals surface area contributed by atoms with Gasteiger partial charge in [0.05, 0.1) is 22.7 Å². The lowest BCUT2D eigenvalue weighted by atomic mass is 10.1. The van der Waals surface area contributed by atoms with Gasteiger partial charge in [-0.1, -0.05) is 23.2 Å². The summed E-state index contributed by atoms with van der Waals surface area (Å²) < 4.78 is 5.02. The Morgan fingerprint density at radius 2 is 1.89 bits per heavy atom. The maximum atomic E-state index is 12.0. The number of ether oxygens (including phenoxy) is 1. The minimum absolute atomic E-state index is 0.163. The van der Waals surface area contributed by atoms with E-state index < -0.39 is 18.4 Å². The van der Waals surface area contributed by atoms with E-state index in [0.717, 1.165) is 4.90 Å². The number of carboxylic acid groups (broad SMARTS) is 1. The SMILES string of the molecule is COc1cc(Cl)c(Cl)cc1C(=O)N(C)CC(=O)O. The Morgan fingerprint density at radius 1 is 1.33 bits per heavy atom. The fraction of sp³-hybridized carbons (Fsp3) is 0.273. The molecule has 0 aromatic heterocycles. The molecule has 1 N–H and O–H groups in total. The van der Waals surface area contributed by atoms with Crippen LogP contribution in [-0.2, 0) is 4.79 Å². The van der Waals surface area contributed by atoms with Gasteiger partial charge in [0.1, 0.15) is 12.3 Å². The number of methoxy groups -OCH3 is 1. The lowest BCUT2D eigenvalue weighted by Gasteiger charge is -2.17. The van der Waals surface area contributed by atoms with Gasteiger partial charge in [0.25, 0.3) is 5.91 Å². The van der Waals surface area contributed by atoms with E-state index in [1.54, 1.807) is 0 Å². The number of benzene rings is 1. The van der Waals surface area contributed by atoms with Gasteiger partial charge in [-0.25, -0.2) is 0 Å². The first-order chi connectivity index (χ1) is 8.36. The lowest BCUT2D eigenvalue weighted by molar-refractivity contribution is -0.137. The molecule has 1 aromatic carbocycles.